The molecule has 0 bridgehead atoms. The van der Waals surface area contributed by atoms with E-state index in [1.54, 1.807) is 0 Å². The van der Waals surface area contributed by atoms with Crippen molar-refractivity contribution >= 4 is 61.3 Å². The van der Waals surface area contributed by atoms with Gasteiger partial charge in [-0.05, 0) is 60.6 Å². The standard InChI is InChI=1S/C35H25N3/c1-2-10-24-22(9-1)17-19-27-26-12-5-7-15-31(26)37(34(24)27)23-18-20-32-29(21-23)25-11-3-4-13-28(25)35-36-30-14-6-8-16-33(30)38(32)35/h1-3,5,7-12,15-21H,4,6,13-14H2/p+1. The lowest BCUT2D eigenvalue weighted by atomic mass is 9.94. The van der Waals surface area contributed by atoms with Crippen molar-refractivity contribution in [3.8, 4) is 5.69 Å². The van der Waals surface area contributed by atoms with Crippen molar-refractivity contribution in [3.63, 3.8) is 0 Å². The third-order valence-corrected chi connectivity index (χ3v) is 8.66. The number of allylic oxidation sites excluding steroid dienone is 2. The number of nitrogens with one attached hydrogen (secondary N) is 1. The predicted molar refractivity (Wildman–Crippen MR) is 158 cm³/mol. The highest BCUT2D eigenvalue weighted by Crippen LogP contribution is 2.38. The number of imidazole rings is 1. The highest BCUT2D eigenvalue weighted by molar-refractivity contribution is 6.18. The number of rotatable bonds is 1. The molecule has 3 heteroatoms. The molecule has 4 aromatic carbocycles. The Morgan fingerprint density at radius 3 is 2.53 bits per heavy atom. The van der Waals surface area contributed by atoms with E-state index in [9.17, 15) is 0 Å². The lowest BCUT2D eigenvalue weighted by Gasteiger charge is -2.15. The minimum absolute atomic E-state index is 1.07. The van der Waals surface area contributed by atoms with Crippen LogP contribution in [0, 0.1) is 0 Å². The number of benzene rings is 4. The van der Waals surface area contributed by atoms with Crippen molar-refractivity contribution in [2.45, 2.75) is 25.7 Å². The van der Waals surface area contributed by atoms with Gasteiger partial charge in [-0.25, -0.2) is 4.98 Å². The van der Waals surface area contributed by atoms with Gasteiger partial charge >= 0.3 is 0 Å². The fourth-order valence-corrected chi connectivity index (χ4v) is 7.00. The highest BCUT2D eigenvalue weighted by Gasteiger charge is 2.28. The Morgan fingerprint density at radius 2 is 1.55 bits per heavy atom. The number of fused-ring (bicyclic) bond motifs is 13. The molecule has 180 valence electrons. The van der Waals surface area contributed by atoms with Crippen LogP contribution in [0.5, 0.6) is 0 Å². The third-order valence-electron chi connectivity index (χ3n) is 8.66. The van der Waals surface area contributed by atoms with E-state index in [2.05, 4.69) is 117 Å². The molecule has 0 atom stereocenters. The SMILES string of the molecule is C1=Cc2c([nH]c3c4c(c5cc(-n6c7ccccc7c7ccc8ccccc8c76)ccc5[n+]23)C=CCC4)CC1. The maximum absolute atomic E-state index is 3.82. The molecule has 2 aliphatic rings. The van der Waals surface area contributed by atoms with E-state index in [0.29, 0.717) is 0 Å². The van der Waals surface area contributed by atoms with Crippen molar-refractivity contribution in [1.29, 1.82) is 0 Å². The molecular weight excluding hydrogens is 462 g/mol. The van der Waals surface area contributed by atoms with Gasteiger partial charge in [0, 0.05) is 33.7 Å². The van der Waals surface area contributed by atoms with Crippen LogP contribution in [0.15, 0.2) is 91.0 Å². The summed E-state index contributed by atoms with van der Waals surface area (Å²) in [4.78, 5) is 3.82. The first-order valence-electron chi connectivity index (χ1n) is 13.7. The third kappa shape index (κ3) is 2.61. The number of aromatic nitrogens is 3. The first-order chi connectivity index (χ1) is 18.9. The second kappa shape index (κ2) is 7.45. The van der Waals surface area contributed by atoms with Gasteiger partial charge in [0.1, 0.15) is 11.2 Å². The molecule has 0 aliphatic heterocycles. The normalized spacial score (nSPS) is 14.7. The van der Waals surface area contributed by atoms with E-state index in [4.69, 9.17) is 0 Å². The molecule has 3 nitrogen and oxygen atoms in total. The van der Waals surface area contributed by atoms with Crippen LogP contribution in [0.25, 0.3) is 67.0 Å². The van der Waals surface area contributed by atoms with E-state index < -0.39 is 0 Å². The Bertz CT molecular complexity index is 2190. The van der Waals surface area contributed by atoms with Gasteiger partial charge in [-0.2, -0.15) is 4.40 Å². The second-order valence-corrected chi connectivity index (χ2v) is 10.7. The second-order valence-electron chi connectivity index (χ2n) is 10.7. The summed E-state index contributed by atoms with van der Waals surface area (Å²) < 4.78 is 4.95. The van der Waals surface area contributed by atoms with Crippen LogP contribution in [0.4, 0.5) is 0 Å². The van der Waals surface area contributed by atoms with E-state index in [1.807, 2.05) is 0 Å². The Balaban J connectivity index is 1.44. The van der Waals surface area contributed by atoms with Crippen LogP contribution < -0.4 is 4.40 Å². The molecule has 9 rings (SSSR count). The van der Waals surface area contributed by atoms with Gasteiger partial charge in [0.2, 0.25) is 0 Å². The van der Waals surface area contributed by atoms with Crippen LogP contribution in [-0.2, 0) is 12.8 Å². The molecule has 0 saturated heterocycles. The number of nitrogens with zero attached hydrogens (tertiary/aromatic N) is 2. The van der Waals surface area contributed by atoms with Crippen molar-refractivity contribution in [3.05, 3.63) is 114 Å². The van der Waals surface area contributed by atoms with Crippen molar-refractivity contribution in [2.24, 2.45) is 0 Å². The Morgan fingerprint density at radius 1 is 0.711 bits per heavy atom. The maximum atomic E-state index is 3.82. The van der Waals surface area contributed by atoms with Crippen LogP contribution in [0.1, 0.15) is 35.4 Å². The minimum Gasteiger partial charge on any atom is -0.309 e. The fraction of sp³-hybridized carbons (Fsp3) is 0.114. The molecule has 3 aromatic heterocycles. The van der Waals surface area contributed by atoms with Crippen LogP contribution in [0.3, 0.4) is 0 Å². The van der Waals surface area contributed by atoms with Crippen molar-refractivity contribution < 1.29 is 4.40 Å². The Hall–Kier alpha value is -4.63. The average Bonchev–Trinajstić information content (AvgIpc) is 3.54. The largest absolute Gasteiger partial charge is 0.309 e. The topological polar surface area (TPSA) is 24.8 Å². The number of H-pyrrole nitrogens is 1. The van der Waals surface area contributed by atoms with E-state index in [1.165, 1.54) is 77.3 Å². The molecule has 0 fully saturated rings. The number of para-hydroxylation sites is 1. The zero-order valence-electron chi connectivity index (χ0n) is 21.0. The zero-order chi connectivity index (χ0) is 24.8. The Labute approximate surface area is 220 Å². The summed E-state index contributed by atoms with van der Waals surface area (Å²) in [6, 6.07) is 29.2. The van der Waals surface area contributed by atoms with Gasteiger partial charge in [0.15, 0.2) is 5.69 Å². The van der Waals surface area contributed by atoms with Crippen molar-refractivity contribution in [1.82, 2.24) is 9.55 Å². The molecule has 0 radical (unpaired) electrons. The monoisotopic (exact) mass is 488 g/mol. The van der Waals surface area contributed by atoms with Gasteiger partial charge in [-0.3, -0.25) is 0 Å². The van der Waals surface area contributed by atoms with Crippen LogP contribution in [-0.4, -0.2) is 9.55 Å². The maximum Gasteiger partial charge on any atom is 0.289 e. The number of pyridine rings is 1. The Kier molecular flexibility index (Phi) is 4.01. The van der Waals surface area contributed by atoms with E-state index in [0.717, 1.165) is 25.7 Å². The molecule has 38 heavy (non-hydrogen) atoms. The van der Waals surface area contributed by atoms with E-state index in [-0.39, 0.29) is 0 Å². The summed E-state index contributed by atoms with van der Waals surface area (Å²) in [5.41, 5.74) is 11.7. The first kappa shape index (κ1) is 20.4. The molecule has 7 aromatic rings. The number of aromatic amines is 1. The van der Waals surface area contributed by atoms with Gasteiger partial charge in [-0.15, -0.1) is 0 Å². The summed E-state index contributed by atoms with van der Waals surface area (Å²) >= 11 is 0. The molecule has 1 N–H and O–H groups in total. The lowest BCUT2D eigenvalue weighted by molar-refractivity contribution is -0.482. The van der Waals surface area contributed by atoms with E-state index >= 15 is 0 Å². The summed E-state index contributed by atoms with van der Waals surface area (Å²) in [6.45, 7) is 0. The van der Waals surface area contributed by atoms with Gasteiger partial charge in [0.05, 0.1) is 16.6 Å². The smallest absolute Gasteiger partial charge is 0.289 e. The van der Waals surface area contributed by atoms with Gasteiger partial charge in [-0.1, -0.05) is 72.8 Å². The molecular formula is C35H26N3+. The number of aryl methyl sites for hydroxylation is 2. The summed E-state index contributed by atoms with van der Waals surface area (Å²) in [5.74, 6) is 0. The molecule has 0 spiro atoms. The lowest BCUT2D eigenvalue weighted by Crippen LogP contribution is -2.27. The summed E-state index contributed by atoms with van der Waals surface area (Å²) in [6.07, 6.45) is 13.6. The first-order valence-corrected chi connectivity index (χ1v) is 13.7. The zero-order valence-corrected chi connectivity index (χ0v) is 21.0. The number of hydrogen-bond donors (Lipinski definition) is 1. The summed E-state index contributed by atoms with van der Waals surface area (Å²) in [7, 11) is 0. The molecule has 0 unspecified atom stereocenters. The van der Waals surface area contributed by atoms with Crippen LogP contribution in [0.2, 0.25) is 0 Å². The van der Waals surface area contributed by atoms with Gasteiger partial charge in [0.25, 0.3) is 5.65 Å². The highest BCUT2D eigenvalue weighted by atomic mass is 15.0. The van der Waals surface area contributed by atoms with Gasteiger partial charge < -0.3 is 4.57 Å². The quantitative estimate of drug-likeness (QED) is 0.226. The molecule has 2 aliphatic carbocycles. The predicted octanol–water partition coefficient (Wildman–Crippen LogP) is 8.08. The summed E-state index contributed by atoms with van der Waals surface area (Å²) in [5, 5.41) is 6.48. The molecule has 0 saturated carbocycles. The molecule has 3 heterocycles. The minimum atomic E-state index is 1.07. The number of hydrogen-bond acceptors (Lipinski definition) is 0. The van der Waals surface area contributed by atoms with Crippen LogP contribution >= 0.6 is 0 Å². The fourth-order valence-electron chi connectivity index (χ4n) is 7.00. The molecule has 0 amide bonds. The van der Waals surface area contributed by atoms with Crippen molar-refractivity contribution in [2.75, 3.05) is 0 Å². The average molecular weight is 489 g/mol.